The number of carbonyl (C=O) groups excluding carboxylic acids is 1. The van der Waals surface area contributed by atoms with Crippen LogP contribution in [-0.4, -0.2) is 22.4 Å². The molecule has 1 fully saturated rings. The van der Waals surface area contributed by atoms with E-state index in [2.05, 4.69) is 10.3 Å². The van der Waals surface area contributed by atoms with Gasteiger partial charge in [0.25, 0.3) is 0 Å². The molecule has 0 saturated heterocycles. The second-order valence-corrected chi connectivity index (χ2v) is 7.41. The van der Waals surface area contributed by atoms with E-state index < -0.39 is 5.41 Å². The molecule has 0 bridgehead atoms. The Morgan fingerprint density at radius 2 is 1.79 bits per heavy atom. The van der Waals surface area contributed by atoms with Crippen LogP contribution in [0.4, 0.5) is 5.69 Å². The number of benzene rings is 2. The molecule has 5 rings (SSSR count). The molecule has 2 aromatic heterocycles. The third kappa shape index (κ3) is 3.05. The van der Waals surface area contributed by atoms with E-state index in [1.165, 1.54) is 0 Å². The molecule has 2 heterocycles. The van der Waals surface area contributed by atoms with Gasteiger partial charge in [-0.1, -0.05) is 36.4 Å². The fraction of sp³-hybridized carbons (Fsp3) is 0.167. The van der Waals surface area contributed by atoms with Crippen LogP contribution in [0.15, 0.2) is 79.1 Å². The summed E-state index contributed by atoms with van der Waals surface area (Å²) in [6.45, 7) is 0. The smallest absolute Gasteiger partial charge is 0.235 e. The van der Waals surface area contributed by atoms with Crippen LogP contribution < -0.4 is 10.1 Å². The molecule has 144 valence electrons. The number of rotatable bonds is 5. The minimum atomic E-state index is -0.493. The van der Waals surface area contributed by atoms with Crippen molar-refractivity contribution in [2.24, 2.45) is 0 Å². The molecule has 1 aliphatic rings. The van der Waals surface area contributed by atoms with Crippen LogP contribution in [0.2, 0.25) is 0 Å². The quantitative estimate of drug-likeness (QED) is 0.544. The fourth-order valence-corrected chi connectivity index (χ4v) is 3.83. The zero-order chi connectivity index (χ0) is 19.8. The van der Waals surface area contributed by atoms with Crippen LogP contribution in [-0.2, 0) is 10.2 Å². The second kappa shape index (κ2) is 6.78. The third-order valence-electron chi connectivity index (χ3n) is 5.61. The van der Waals surface area contributed by atoms with Crippen LogP contribution in [0.25, 0.3) is 16.9 Å². The summed E-state index contributed by atoms with van der Waals surface area (Å²) in [5.74, 6) is 0.782. The summed E-state index contributed by atoms with van der Waals surface area (Å²) in [5, 5.41) is 3.08. The number of pyridine rings is 1. The lowest BCUT2D eigenvalue weighted by Gasteiger charge is -2.18. The van der Waals surface area contributed by atoms with Gasteiger partial charge >= 0.3 is 0 Å². The van der Waals surface area contributed by atoms with Gasteiger partial charge in [0.2, 0.25) is 5.91 Å². The molecular weight excluding hydrogens is 362 g/mol. The Balaban J connectivity index is 1.36. The van der Waals surface area contributed by atoms with Gasteiger partial charge in [-0.3, -0.25) is 4.79 Å². The molecule has 1 N–H and O–H groups in total. The maximum atomic E-state index is 13.1. The van der Waals surface area contributed by atoms with Crippen molar-refractivity contribution in [3.8, 4) is 17.0 Å². The van der Waals surface area contributed by atoms with Crippen molar-refractivity contribution in [2.45, 2.75) is 18.3 Å². The Morgan fingerprint density at radius 1 is 1.03 bits per heavy atom. The van der Waals surface area contributed by atoms with E-state index in [4.69, 9.17) is 4.74 Å². The molecule has 29 heavy (non-hydrogen) atoms. The normalized spacial score (nSPS) is 14.5. The third-order valence-corrected chi connectivity index (χ3v) is 5.61. The minimum Gasteiger partial charge on any atom is -0.496 e. The molecule has 4 aromatic rings. The fourth-order valence-electron chi connectivity index (χ4n) is 3.83. The number of para-hydroxylation sites is 1. The van der Waals surface area contributed by atoms with Crippen molar-refractivity contribution in [3.63, 3.8) is 0 Å². The average molecular weight is 383 g/mol. The molecule has 1 amide bonds. The van der Waals surface area contributed by atoms with Crippen molar-refractivity contribution in [1.82, 2.24) is 9.38 Å². The summed E-state index contributed by atoms with van der Waals surface area (Å²) in [7, 11) is 1.64. The van der Waals surface area contributed by atoms with E-state index in [1.807, 2.05) is 83.5 Å². The van der Waals surface area contributed by atoms with Gasteiger partial charge in [0.05, 0.1) is 18.2 Å². The molecule has 0 spiro atoms. The molecule has 5 nitrogen and oxygen atoms in total. The van der Waals surface area contributed by atoms with E-state index in [-0.39, 0.29) is 5.91 Å². The Hall–Kier alpha value is -3.60. The highest BCUT2D eigenvalue weighted by Crippen LogP contribution is 2.52. The lowest BCUT2D eigenvalue weighted by molar-refractivity contribution is -0.118. The number of ether oxygens (including phenoxy) is 1. The number of fused-ring (bicyclic) bond motifs is 1. The summed E-state index contributed by atoms with van der Waals surface area (Å²) in [5.41, 5.74) is 4.07. The summed E-state index contributed by atoms with van der Waals surface area (Å²) < 4.78 is 7.47. The Kier molecular flexibility index (Phi) is 4.09. The molecule has 1 aliphatic carbocycles. The number of anilines is 1. The van der Waals surface area contributed by atoms with Crippen LogP contribution in [0, 0.1) is 0 Å². The van der Waals surface area contributed by atoms with Crippen LogP contribution in [0.1, 0.15) is 18.4 Å². The van der Waals surface area contributed by atoms with Gasteiger partial charge in [-0.15, -0.1) is 0 Å². The lowest BCUT2D eigenvalue weighted by Crippen LogP contribution is -2.28. The number of aromatic nitrogens is 2. The Bertz CT molecular complexity index is 1160. The minimum absolute atomic E-state index is 0.0162. The van der Waals surface area contributed by atoms with E-state index in [1.54, 1.807) is 7.11 Å². The van der Waals surface area contributed by atoms with Gasteiger partial charge in [-0.2, -0.15) is 0 Å². The molecule has 2 aromatic carbocycles. The summed E-state index contributed by atoms with van der Waals surface area (Å²) in [4.78, 5) is 17.7. The topological polar surface area (TPSA) is 55.6 Å². The standard InChI is InChI=1S/C24H21N3O2/c1-29-21-7-3-2-6-19(21)24(13-14-24)23(28)25-18-11-9-17(10-12-18)20-16-27-15-5-4-8-22(27)26-20/h2-12,15-16H,13-14H2,1H3,(H,25,28). The first kappa shape index (κ1) is 17.5. The molecule has 0 unspecified atom stereocenters. The Morgan fingerprint density at radius 3 is 2.52 bits per heavy atom. The van der Waals surface area contributed by atoms with E-state index in [9.17, 15) is 4.79 Å². The molecule has 0 radical (unpaired) electrons. The number of nitrogens with zero attached hydrogens (tertiary/aromatic N) is 2. The number of methoxy groups -OCH3 is 1. The number of carbonyl (C=O) groups is 1. The number of hydrogen-bond donors (Lipinski definition) is 1. The average Bonchev–Trinajstić information content (AvgIpc) is 3.46. The Labute approximate surface area is 169 Å². The monoisotopic (exact) mass is 383 g/mol. The first-order valence-corrected chi connectivity index (χ1v) is 9.69. The predicted octanol–water partition coefficient (Wildman–Crippen LogP) is 4.68. The number of nitrogens with one attached hydrogen (secondary N) is 1. The predicted molar refractivity (Wildman–Crippen MR) is 113 cm³/mol. The lowest BCUT2D eigenvalue weighted by atomic mass is 9.94. The van der Waals surface area contributed by atoms with E-state index >= 15 is 0 Å². The van der Waals surface area contributed by atoms with E-state index in [0.717, 1.165) is 46.7 Å². The molecular formula is C24H21N3O2. The van der Waals surface area contributed by atoms with Gasteiger partial charge in [0.1, 0.15) is 11.4 Å². The largest absolute Gasteiger partial charge is 0.496 e. The van der Waals surface area contributed by atoms with Crippen LogP contribution >= 0.6 is 0 Å². The van der Waals surface area contributed by atoms with Crippen molar-refractivity contribution in [1.29, 1.82) is 0 Å². The highest BCUT2D eigenvalue weighted by Gasteiger charge is 2.52. The summed E-state index contributed by atoms with van der Waals surface area (Å²) in [6.07, 6.45) is 5.65. The number of hydrogen-bond acceptors (Lipinski definition) is 3. The van der Waals surface area contributed by atoms with Gasteiger partial charge in [-0.05, 0) is 43.2 Å². The maximum Gasteiger partial charge on any atom is 0.235 e. The van der Waals surface area contributed by atoms with Crippen molar-refractivity contribution >= 4 is 17.2 Å². The molecule has 1 saturated carbocycles. The first-order chi connectivity index (χ1) is 14.2. The highest BCUT2D eigenvalue weighted by molar-refractivity contribution is 6.02. The summed E-state index contributed by atoms with van der Waals surface area (Å²) >= 11 is 0. The van der Waals surface area contributed by atoms with Crippen molar-refractivity contribution in [3.05, 3.63) is 84.7 Å². The van der Waals surface area contributed by atoms with E-state index in [0.29, 0.717) is 0 Å². The van der Waals surface area contributed by atoms with Gasteiger partial charge in [0.15, 0.2) is 0 Å². The van der Waals surface area contributed by atoms with Crippen molar-refractivity contribution in [2.75, 3.05) is 12.4 Å². The van der Waals surface area contributed by atoms with Crippen LogP contribution in [0.5, 0.6) is 5.75 Å². The number of amides is 1. The molecule has 0 aliphatic heterocycles. The van der Waals surface area contributed by atoms with Gasteiger partial charge < -0.3 is 14.5 Å². The molecule has 5 heteroatoms. The second-order valence-electron chi connectivity index (χ2n) is 7.41. The van der Waals surface area contributed by atoms with Crippen LogP contribution in [0.3, 0.4) is 0 Å². The highest BCUT2D eigenvalue weighted by atomic mass is 16.5. The zero-order valence-corrected chi connectivity index (χ0v) is 16.1. The summed E-state index contributed by atoms with van der Waals surface area (Å²) in [6, 6.07) is 21.5. The van der Waals surface area contributed by atoms with Gasteiger partial charge in [-0.25, -0.2) is 4.98 Å². The van der Waals surface area contributed by atoms with Gasteiger partial charge in [0, 0.05) is 29.2 Å². The maximum absolute atomic E-state index is 13.1. The zero-order valence-electron chi connectivity index (χ0n) is 16.1. The first-order valence-electron chi connectivity index (χ1n) is 9.69. The van der Waals surface area contributed by atoms with Crippen molar-refractivity contribution < 1.29 is 9.53 Å². The molecule has 0 atom stereocenters. The number of imidazole rings is 1. The SMILES string of the molecule is COc1ccccc1C1(C(=O)Nc2ccc(-c3cn4ccccc4n3)cc2)CC1.